The monoisotopic (exact) mass is 303 g/mol. The first-order chi connectivity index (χ1) is 10.1. The lowest BCUT2D eigenvalue weighted by Crippen LogP contribution is -2.11. The molecule has 21 heavy (non-hydrogen) atoms. The quantitative estimate of drug-likeness (QED) is 0.772. The van der Waals surface area contributed by atoms with Crippen molar-refractivity contribution in [3.05, 3.63) is 64.2 Å². The molecule has 1 atom stereocenters. The largest absolute Gasteiger partial charge is 0.494 e. The molecule has 2 nitrogen and oxygen atoms in total. The van der Waals surface area contributed by atoms with E-state index in [9.17, 15) is 0 Å². The van der Waals surface area contributed by atoms with Crippen LogP contribution in [0.1, 0.15) is 42.5 Å². The molecule has 0 amide bonds. The van der Waals surface area contributed by atoms with Gasteiger partial charge in [0.15, 0.2) is 0 Å². The molecule has 0 aliphatic carbocycles. The van der Waals surface area contributed by atoms with Gasteiger partial charge in [-0.3, -0.25) is 0 Å². The van der Waals surface area contributed by atoms with Gasteiger partial charge in [0.1, 0.15) is 5.75 Å². The fraction of sp³-hybridized carbons (Fsp3) is 0.333. The molecule has 0 radical (unpaired) electrons. The minimum absolute atomic E-state index is 0.173. The van der Waals surface area contributed by atoms with Crippen molar-refractivity contribution >= 4 is 11.6 Å². The van der Waals surface area contributed by atoms with Gasteiger partial charge in [0, 0.05) is 5.02 Å². The molecule has 0 bridgehead atoms. The van der Waals surface area contributed by atoms with E-state index in [0.717, 1.165) is 46.9 Å². The van der Waals surface area contributed by atoms with Gasteiger partial charge in [-0.25, -0.2) is 0 Å². The summed E-state index contributed by atoms with van der Waals surface area (Å²) >= 11 is 6.17. The Hall–Kier alpha value is -1.51. The summed E-state index contributed by atoms with van der Waals surface area (Å²) in [4.78, 5) is 0. The molecule has 0 aliphatic rings. The van der Waals surface area contributed by atoms with Crippen LogP contribution in [0.3, 0.4) is 0 Å². The van der Waals surface area contributed by atoms with E-state index >= 15 is 0 Å². The van der Waals surface area contributed by atoms with Crippen LogP contribution in [0.4, 0.5) is 0 Å². The van der Waals surface area contributed by atoms with Crippen molar-refractivity contribution in [2.45, 2.75) is 32.7 Å². The highest BCUT2D eigenvalue weighted by atomic mass is 35.5. The van der Waals surface area contributed by atoms with Crippen LogP contribution in [0.25, 0.3) is 0 Å². The van der Waals surface area contributed by atoms with Crippen molar-refractivity contribution in [3.8, 4) is 5.75 Å². The maximum absolute atomic E-state index is 6.31. The fourth-order valence-electron chi connectivity index (χ4n) is 2.10. The van der Waals surface area contributed by atoms with Crippen molar-refractivity contribution in [1.82, 2.24) is 0 Å². The molecule has 0 saturated heterocycles. The minimum atomic E-state index is -0.173. The number of benzene rings is 2. The SMILES string of the molecule is CCCCOc1ccc(C(N)c2ccc(C)c(Cl)c2)cc1. The van der Waals surface area contributed by atoms with Crippen LogP contribution in [-0.4, -0.2) is 6.61 Å². The summed E-state index contributed by atoms with van der Waals surface area (Å²) in [6, 6.07) is 13.8. The molecule has 0 aromatic heterocycles. The standard InChI is InChI=1S/C18H22ClNO/c1-3-4-11-21-16-9-7-14(8-10-16)18(20)15-6-5-13(2)17(19)12-15/h5-10,12,18H,3-4,11,20H2,1-2H3. The summed E-state index contributed by atoms with van der Waals surface area (Å²) in [6.07, 6.45) is 2.21. The zero-order valence-corrected chi connectivity index (χ0v) is 13.4. The highest BCUT2D eigenvalue weighted by Crippen LogP contribution is 2.25. The second-order valence-electron chi connectivity index (χ2n) is 5.26. The Morgan fingerprint density at radius 2 is 1.76 bits per heavy atom. The number of ether oxygens (including phenoxy) is 1. The van der Waals surface area contributed by atoms with Crippen molar-refractivity contribution in [3.63, 3.8) is 0 Å². The molecule has 0 spiro atoms. The number of halogens is 1. The van der Waals surface area contributed by atoms with Gasteiger partial charge in [-0.15, -0.1) is 0 Å². The Balaban J connectivity index is 2.08. The summed E-state index contributed by atoms with van der Waals surface area (Å²) in [6.45, 7) is 4.90. The third-order valence-electron chi connectivity index (χ3n) is 3.56. The molecule has 2 aromatic rings. The summed E-state index contributed by atoms with van der Waals surface area (Å²) < 4.78 is 5.66. The molecule has 0 aliphatic heterocycles. The Bertz CT molecular complexity index is 580. The third-order valence-corrected chi connectivity index (χ3v) is 3.97. The number of unbranched alkanes of at least 4 members (excludes halogenated alkanes) is 1. The Morgan fingerprint density at radius 3 is 2.38 bits per heavy atom. The van der Waals surface area contributed by atoms with Gasteiger partial charge >= 0.3 is 0 Å². The molecule has 1 unspecified atom stereocenters. The van der Waals surface area contributed by atoms with Crippen LogP contribution in [0.5, 0.6) is 5.75 Å². The van der Waals surface area contributed by atoms with Crippen molar-refractivity contribution in [2.75, 3.05) is 6.61 Å². The Kier molecular flexibility index (Phi) is 5.66. The fourth-order valence-corrected chi connectivity index (χ4v) is 2.29. The third kappa shape index (κ3) is 4.23. The second kappa shape index (κ2) is 7.48. The lowest BCUT2D eigenvalue weighted by atomic mass is 9.98. The number of hydrogen-bond acceptors (Lipinski definition) is 2. The average Bonchev–Trinajstić information content (AvgIpc) is 2.50. The van der Waals surface area contributed by atoms with Crippen LogP contribution < -0.4 is 10.5 Å². The lowest BCUT2D eigenvalue weighted by Gasteiger charge is -2.14. The topological polar surface area (TPSA) is 35.2 Å². The van der Waals surface area contributed by atoms with E-state index in [4.69, 9.17) is 22.1 Å². The predicted octanol–water partition coefficient (Wildman–Crippen LogP) is 4.88. The summed E-state index contributed by atoms with van der Waals surface area (Å²) in [7, 11) is 0. The molecular formula is C18H22ClNO. The first-order valence-electron chi connectivity index (χ1n) is 7.36. The van der Waals surface area contributed by atoms with E-state index in [-0.39, 0.29) is 6.04 Å². The van der Waals surface area contributed by atoms with Gasteiger partial charge in [0.2, 0.25) is 0 Å². The first-order valence-corrected chi connectivity index (χ1v) is 7.74. The van der Waals surface area contributed by atoms with Gasteiger partial charge in [-0.2, -0.15) is 0 Å². The minimum Gasteiger partial charge on any atom is -0.494 e. The van der Waals surface area contributed by atoms with E-state index in [1.165, 1.54) is 0 Å². The number of aryl methyl sites for hydroxylation is 1. The van der Waals surface area contributed by atoms with E-state index < -0.39 is 0 Å². The van der Waals surface area contributed by atoms with Gasteiger partial charge in [0.25, 0.3) is 0 Å². The van der Waals surface area contributed by atoms with Crippen molar-refractivity contribution in [1.29, 1.82) is 0 Å². The zero-order valence-electron chi connectivity index (χ0n) is 12.6. The van der Waals surface area contributed by atoms with Crippen LogP contribution in [-0.2, 0) is 0 Å². The first kappa shape index (κ1) is 15.9. The molecule has 3 heteroatoms. The van der Waals surface area contributed by atoms with Gasteiger partial charge in [-0.1, -0.05) is 49.2 Å². The summed E-state index contributed by atoms with van der Waals surface area (Å²) in [5, 5.41) is 0.752. The van der Waals surface area contributed by atoms with E-state index in [2.05, 4.69) is 6.92 Å². The molecule has 2 aromatic carbocycles. The molecule has 112 valence electrons. The van der Waals surface area contributed by atoms with Gasteiger partial charge < -0.3 is 10.5 Å². The normalized spacial score (nSPS) is 12.2. The smallest absolute Gasteiger partial charge is 0.119 e. The van der Waals surface area contributed by atoms with E-state index in [0.29, 0.717) is 0 Å². The van der Waals surface area contributed by atoms with Gasteiger partial charge in [-0.05, 0) is 48.2 Å². The van der Waals surface area contributed by atoms with Crippen molar-refractivity contribution < 1.29 is 4.74 Å². The average molecular weight is 304 g/mol. The zero-order chi connectivity index (χ0) is 15.2. The molecule has 0 heterocycles. The predicted molar refractivity (Wildman–Crippen MR) is 89.1 cm³/mol. The molecule has 0 saturated carbocycles. The number of hydrogen-bond donors (Lipinski definition) is 1. The van der Waals surface area contributed by atoms with E-state index in [1.807, 2.05) is 49.4 Å². The number of nitrogens with two attached hydrogens (primary N) is 1. The number of rotatable bonds is 6. The maximum Gasteiger partial charge on any atom is 0.119 e. The Morgan fingerprint density at radius 1 is 1.10 bits per heavy atom. The summed E-state index contributed by atoms with van der Waals surface area (Å²) in [5.41, 5.74) is 9.44. The van der Waals surface area contributed by atoms with Crippen LogP contribution in [0.15, 0.2) is 42.5 Å². The Labute approximate surface area is 131 Å². The summed E-state index contributed by atoms with van der Waals surface area (Å²) in [5.74, 6) is 0.890. The molecule has 2 N–H and O–H groups in total. The van der Waals surface area contributed by atoms with Crippen LogP contribution >= 0.6 is 11.6 Å². The van der Waals surface area contributed by atoms with Crippen LogP contribution in [0, 0.1) is 6.92 Å². The van der Waals surface area contributed by atoms with Crippen LogP contribution in [0.2, 0.25) is 5.02 Å². The molecule has 2 rings (SSSR count). The van der Waals surface area contributed by atoms with Gasteiger partial charge in [0.05, 0.1) is 12.6 Å². The van der Waals surface area contributed by atoms with Crippen molar-refractivity contribution in [2.24, 2.45) is 5.73 Å². The molecule has 0 fully saturated rings. The highest BCUT2D eigenvalue weighted by Gasteiger charge is 2.10. The second-order valence-corrected chi connectivity index (χ2v) is 5.66. The maximum atomic E-state index is 6.31. The van der Waals surface area contributed by atoms with E-state index in [1.54, 1.807) is 0 Å². The highest BCUT2D eigenvalue weighted by molar-refractivity contribution is 6.31. The lowest BCUT2D eigenvalue weighted by molar-refractivity contribution is 0.309. The molecular weight excluding hydrogens is 282 g/mol.